The topological polar surface area (TPSA) is 86.1 Å². The van der Waals surface area contributed by atoms with E-state index in [0.29, 0.717) is 29.5 Å². The molecule has 4 rings (SSSR count). The standard InChI is InChI=1S/C24H26N4O3S/c1-17(2)19-9-11-21(12-10-19)32(29,30)26-15-23-27-22-8-5-13-25-24(22)28(23)16-18-6-4-7-20(14-18)31-3/h4-14,17,26H,15-16H2,1-3H3. The van der Waals surface area contributed by atoms with Gasteiger partial charge in [-0.15, -0.1) is 0 Å². The number of fused-ring (bicyclic) bond motifs is 1. The van der Waals surface area contributed by atoms with Crippen LogP contribution in [0.25, 0.3) is 11.2 Å². The van der Waals surface area contributed by atoms with Gasteiger partial charge in [0.25, 0.3) is 0 Å². The molecule has 0 saturated carbocycles. The zero-order valence-electron chi connectivity index (χ0n) is 18.3. The molecule has 0 bridgehead atoms. The summed E-state index contributed by atoms with van der Waals surface area (Å²) in [6.07, 6.45) is 1.70. The number of ether oxygens (including phenoxy) is 1. The first-order valence-electron chi connectivity index (χ1n) is 10.4. The summed E-state index contributed by atoms with van der Waals surface area (Å²) in [4.78, 5) is 9.32. The molecule has 32 heavy (non-hydrogen) atoms. The van der Waals surface area contributed by atoms with E-state index in [1.165, 1.54) is 0 Å². The molecule has 166 valence electrons. The average Bonchev–Trinajstić information content (AvgIpc) is 3.15. The van der Waals surface area contributed by atoms with Crippen molar-refractivity contribution in [1.82, 2.24) is 19.3 Å². The number of benzene rings is 2. The third-order valence-corrected chi connectivity index (χ3v) is 6.75. The molecule has 2 aromatic carbocycles. The van der Waals surface area contributed by atoms with Crippen molar-refractivity contribution in [3.8, 4) is 5.75 Å². The molecule has 0 aliphatic heterocycles. The van der Waals surface area contributed by atoms with Gasteiger partial charge in [-0.1, -0.05) is 38.1 Å². The van der Waals surface area contributed by atoms with Crippen LogP contribution in [0, 0.1) is 0 Å². The third-order valence-electron chi connectivity index (χ3n) is 5.34. The van der Waals surface area contributed by atoms with Crippen LogP contribution < -0.4 is 9.46 Å². The summed E-state index contributed by atoms with van der Waals surface area (Å²) in [5.41, 5.74) is 3.51. The second-order valence-electron chi connectivity index (χ2n) is 7.86. The monoisotopic (exact) mass is 450 g/mol. The summed E-state index contributed by atoms with van der Waals surface area (Å²) in [5.74, 6) is 1.68. The van der Waals surface area contributed by atoms with Crippen molar-refractivity contribution in [3.05, 3.63) is 83.8 Å². The highest BCUT2D eigenvalue weighted by Gasteiger charge is 2.18. The summed E-state index contributed by atoms with van der Waals surface area (Å²) in [7, 11) is -2.06. The molecule has 0 atom stereocenters. The third kappa shape index (κ3) is 4.66. The van der Waals surface area contributed by atoms with Crippen molar-refractivity contribution >= 4 is 21.2 Å². The second kappa shape index (κ2) is 9.10. The fourth-order valence-electron chi connectivity index (χ4n) is 3.53. The maximum absolute atomic E-state index is 12.9. The predicted molar refractivity (Wildman–Crippen MR) is 124 cm³/mol. The lowest BCUT2D eigenvalue weighted by Gasteiger charge is -2.12. The first-order valence-corrected chi connectivity index (χ1v) is 11.9. The van der Waals surface area contributed by atoms with E-state index in [1.54, 1.807) is 25.4 Å². The van der Waals surface area contributed by atoms with Gasteiger partial charge in [0.15, 0.2) is 5.65 Å². The van der Waals surface area contributed by atoms with E-state index in [2.05, 4.69) is 28.5 Å². The van der Waals surface area contributed by atoms with E-state index in [1.807, 2.05) is 53.1 Å². The van der Waals surface area contributed by atoms with Gasteiger partial charge in [-0.3, -0.25) is 0 Å². The molecule has 0 saturated heterocycles. The average molecular weight is 451 g/mol. The first-order chi connectivity index (χ1) is 15.4. The Bertz CT molecular complexity index is 1330. The summed E-state index contributed by atoms with van der Waals surface area (Å²) in [6.45, 7) is 4.69. The molecule has 2 heterocycles. The van der Waals surface area contributed by atoms with Crippen molar-refractivity contribution in [2.24, 2.45) is 0 Å². The van der Waals surface area contributed by atoms with Crippen LogP contribution in [0.3, 0.4) is 0 Å². The molecule has 8 heteroatoms. The van der Waals surface area contributed by atoms with Crippen LogP contribution in [-0.4, -0.2) is 30.1 Å². The number of rotatable bonds is 8. The fraction of sp³-hybridized carbons (Fsp3) is 0.250. The van der Waals surface area contributed by atoms with Crippen LogP contribution in [0.2, 0.25) is 0 Å². The Morgan fingerprint density at radius 2 is 1.84 bits per heavy atom. The van der Waals surface area contributed by atoms with Crippen LogP contribution in [0.4, 0.5) is 0 Å². The number of aromatic nitrogens is 3. The van der Waals surface area contributed by atoms with Crippen molar-refractivity contribution in [1.29, 1.82) is 0 Å². The van der Waals surface area contributed by atoms with Gasteiger partial charge in [-0.2, -0.15) is 0 Å². The predicted octanol–water partition coefficient (Wildman–Crippen LogP) is 4.09. The van der Waals surface area contributed by atoms with E-state index in [-0.39, 0.29) is 11.4 Å². The summed E-state index contributed by atoms with van der Waals surface area (Å²) in [5, 5.41) is 0. The molecule has 0 aliphatic rings. The molecule has 0 amide bonds. The molecule has 2 aromatic heterocycles. The Morgan fingerprint density at radius 1 is 1.06 bits per heavy atom. The van der Waals surface area contributed by atoms with Crippen LogP contribution in [0.5, 0.6) is 5.75 Å². The molecule has 1 N–H and O–H groups in total. The van der Waals surface area contributed by atoms with Crippen molar-refractivity contribution in [2.75, 3.05) is 7.11 Å². The lowest BCUT2D eigenvalue weighted by Crippen LogP contribution is -2.25. The Morgan fingerprint density at radius 3 is 2.56 bits per heavy atom. The smallest absolute Gasteiger partial charge is 0.240 e. The quantitative estimate of drug-likeness (QED) is 0.437. The number of nitrogens with one attached hydrogen (secondary N) is 1. The zero-order valence-corrected chi connectivity index (χ0v) is 19.1. The highest BCUT2D eigenvalue weighted by molar-refractivity contribution is 7.89. The molecule has 7 nitrogen and oxygen atoms in total. The maximum atomic E-state index is 12.9. The van der Waals surface area contributed by atoms with Crippen molar-refractivity contribution < 1.29 is 13.2 Å². The van der Waals surface area contributed by atoms with E-state index >= 15 is 0 Å². The Labute approximate surface area is 188 Å². The highest BCUT2D eigenvalue weighted by atomic mass is 32.2. The molecule has 0 aliphatic carbocycles. The highest BCUT2D eigenvalue weighted by Crippen LogP contribution is 2.20. The van der Waals surface area contributed by atoms with Gasteiger partial charge < -0.3 is 9.30 Å². The van der Waals surface area contributed by atoms with Gasteiger partial charge in [0.2, 0.25) is 10.0 Å². The van der Waals surface area contributed by atoms with Gasteiger partial charge in [0.05, 0.1) is 25.1 Å². The van der Waals surface area contributed by atoms with Crippen molar-refractivity contribution in [3.63, 3.8) is 0 Å². The number of sulfonamides is 1. The number of hydrogen-bond donors (Lipinski definition) is 1. The lowest BCUT2D eigenvalue weighted by molar-refractivity contribution is 0.414. The Hall–Kier alpha value is -3.23. The van der Waals surface area contributed by atoms with Crippen LogP contribution >= 0.6 is 0 Å². The van der Waals surface area contributed by atoms with Crippen LogP contribution in [0.1, 0.15) is 36.7 Å². The van der Waals surface area contributed by atoms with E-state index in [4.69, 9.17) is 4.74 Å². The minimum atomic E-state index is -3.68. The second-order valence-corrected chi connectivity index (χ2v) is 9.63. The lowest BCUT2D eigenvalue weighted by atomic mass is 10.0. The van der Waals surface area contributed by atoms with Gasteiger partial charge >= 0.3 is 0 Å². The van der Waals surface area contributed by atoms with Gasteiger partial charge in [-0.05, 0) is 53.4 Å². The normalized spacial score (nSPS) is 11.9. The van der Waals surface area contributed by atoms with E-state index in [0.717, 1.165) is 16.9 Å². The number of hydrogen-bond acceptors (Lipinski definition) is 5. The molecular formula is C24H26N4O3S. The molecular weight excluding hydrogens is 424 g/mol. The zero-order chi connectivity index (χ0) is 22.7. The molecule has 0 unspecified atom stereocenters. The summed E-state index contributed by atoms with van der Waals surface area (Å²) < 4.78 is 35.7. The number of pyridine rings is 1. The summed E-state index contributed by atoms with van der Waals surface area (Å²) >= 11 is 0. The van der Waals surface area contributed by atoms with E-state index < -0.39 is 10.0 Å². The molecule has 0 spiro atoms. The number of methoxy groups -OCH3 is 1. The van der Waals surface area contributed by atoms with E-state index in [9.17, 15) is 8.42 Å². The minimum Gasteiger partial charge on any atom is -0.497 e. The SMILES string of the molecule is COc1cccc(Cn2c(CNS(=O)(=O)c3ccc(C(C)C)cc3)nc3cccnc32)c1. The Balaban J connectivity index is 1.62. The Kier molecular flexibility index (Phi) is 6.25. The molecule has 0 fully saturated rings. The number of imidazole rings is 1. The minimum absolute atomic E-state index is 0.0502. The number of nitrogens with zero attached hydrogens (tertiary/aromatic N) is 3. The van der Waals surface area contributed by atoms with Crippen LogP contribution in [0.15, 0.2) is 71.8 Å². The maximum Gasteiger partial charge on any atom is 0.240 e. The van der Waals surface area contributed by atoms with Gasteiger partial charge in [0, 0.05) is 6.20 Å². The fourth-order valence-corrected chi connectivity index (χ4v) is 4.51. The van der Waals surface area contributed by atoms with Gasteiger partial charge in [-0.25, -0.2) is 23.1 Å². The molecule has 0 radical (unpaired) electrons. The van der Waals surface area contributed by atoms with Crippen molar-refractivity contribution in [2.45, 2.75) is 37.8 Å². The molecule has 4 aromatic rings. The van der Waals surface area contributed by atoms with Gasteiger partial charge in [0.1, 0.15) is 17.1 Å². The summed E-state index contributed by atoms with van der Waals surface area (Å²) in [6, 6.07) is 18.4. The first kappa shape index (κ1) is 22.0. The van der Waals surface area contributed by atoms with Crippen LogP contribution in [-0.2, 0) is 23.1 Å². The largest absolute Gasteiger partial charge is 0.497 e.